The largest absolute Gasteiger partial charge is 0.375 e. The fourth-order valence-electron chi connectivity index (χ4n) is 2.60. The summed E-state index contributed by atoms with van der Waals surface area (Å²) in [6.45, 7) is 5.68. The third-order valence-electron chi connectivity index (χ3n) is 3.97. The van der Waals surface area contributed by atoms with Crippen LogP contribution in [0.2, 0.25) is 0 Å². The molecular formula is C15H24N2O3S. The average molecular weight is 312 g/mol. The predicted molar refractivity (Wildman–Crippen MR) is 82.5 cm³/mol. The van der Waals surface area contributed by atoms with E-state index in [4.69, 9.17) is 10.5 Å². The zero-order chi connectivity index (χ0) is 15.5. The highest BCUT2D eigenvalue weighted by Crippen LogP contribution is 2.22. The average Bonchev–Trinajstić information content (AvgIpc) is 2.54. The minimum Gasteiger partial charge on any atom is -0.375 e. The van der Waals surface area contributed by atoms with E-state index in [1.807, 2.05) is 19.9 Å². The van der Waals surface area contributed by atoms with E-state index in [9.17, 15) is 8.42 Å². The molecular weight excluding hydrogens is 288 g/mol. The zero-order valence-electron chi connectivity index (χ0n) is 12.7. The summed E-state index contributed by atoms with van der Waals surface area (Å²) in [6, 6.07) is 5.27. The van der Waals surface area contributed by atoms with E-state index in [1.165, 1.54) is 4.31 Å². The number of benzene rings is 1. The Morgan fingerprint density at radius 3 is 2.71 bits per heavy atom. The van der Waals surface area contributed by atoms with Crippen LogP contribution in [0.5, 0.6) is 0 Å². The van der Waals surface area contributed by atoms with Crippen molar-refractivity contribution in [3.8, 4) is 0 Å². The summed E-state index contributed by atoms with van der Waals surface area (Å²) >= 11 is 0. The number of hydrogen-bond acceptors (Lipinski definition) is 4. The second-order valence-electron chi connectivity index (χ2n) is 5.25. The van der Waals surface area contributed by atoms with Crippen molar-refractivity contribution >= 4 is 10.0 Å². The Labute approximate surface area is 127 Å². The monoisotopic (exact) mass is 312 g/mol. The van der Waals surface area contributed by atoms with Crippen molar-refractivity contribution < 1.29 is 13.2 Å². The van der Waals surface area contributed by atoms with Gasteiger partial charge in [-0.1, -0.05) is 19.9 Å². The van der Waals surface area contributed by atoms with Gasteiger partial charge in [0, 0.05) is 19.6 Å². The number of aryl methyl sites for hydroxylation is 1. The Balaban J connectivity index is 2.30. The maximum absolute atomic E-state index is 12.7. The number of hydrogen-bond donors (Lipinski definition) is 1. The van der Waals surface area contributed by atoms with Crippen LogP contribution in [0.3, 0.4) is 0 Å². The number of morpholine rings is 1. The van der Waals surface area contributed by atoms with Gasteiger partial charge in [0.15, 0.2) is 0 Å². The molecule has 0 aromatic heterocycles. The molecule has 21 heavy (non-hydrogen) atoms. The van der Waals surface area contributed by atoms with Crippen molar-refractivity contribution in [3.63, 3.8) is 0 Å². The van der Waals surface area contributed by atoms with Gasteiger partial charge in [-0.15, -0.1) is 0 Å². The maximum atomic E-state index is 12.7. The van der Waals surface area contributed by atoms with Gasteiger partial charge in [-0.25, -0.2) is 8.42 Å². The molecule has 1 aromatic rings. The topological polar surface area (TPSA) is 72.6 Å². The lowest BCUT2D eigenvalue weighted by Crippen LogP contribution is -2.45. The molecule has 0 saturated carbocycles. The quantitative estimate of drug-likeness (QED) is 0.894. The molecule has 0 radical (unpaired) electrons. The highest BCUT2D eigenvalue weighted by atomic mass is 32.2. The van der Waals surface area contributed by atoms with Crippen molar-refractivity contribution in [3.05, 3.63) is 29.3 Å². The lowest BCUT2D eigenvalue weighted by molar-refractivity contribution is -0.00278. The fourth-order valence-corrected chi connectivity index (χ4v) is 4.11. The summed E-state index contributed by atoms with van der Waals surface area (Å²) in [7, 11) is -3.46. The number of rotatable bonds is 5. The first-order chi connectivity index (χ1) is 10.0. The summed E-state index contributed by atoms with van der Waals surface area (Å²) in [4.78, 5) is 0.330. The molecule has 118 valence electrons. The Hall–Kier alpha value is -0.950. The number of nitrogens with zero attached hydrogens (tertiary/aromatic N) is 1. The van der Waals surface area contributed by atoms with Gasteiger partial charge in [-0.3, -0.25) is 0 Å². The highest BCUT2D eigenvalue weighted by Gasteiger charge is 2.30. The summed E-state index contributed by atoms with van der Waals surface area (Å²) in [5, 5.41) is 0. The molecule has 2 N–H and O–H groups in total. The van der Waals surface area contributed by atoms with E-state index in [1.54, 1.807) is 12.1 Å². The number of sulfonamides is 1. The lowest BCUT2D eigenvalue weighted by Gasteiger charge is -2.31. The molecule has 0 bridgehead atoms. The Morgan fingerprint density at radius 2 is 2.10 bits per heavy atom. The third kappa shape index (κ3) is 3.45. The summed E-state index contributed by atoms with van der Waals surface area (Å²) in [5.41, 5.74) is 7.74. The van der Waals surface area contributed by atoms with E-state index < -0.39 is 10.0 Å². The predicted octanol–water partition coefficient (Wildman–Crippen LogP) is 1.51. The SMILES string of the molecule is CCc1ccc(S(=O)(=O)N2CCOC(CC)C2)cc1CN. The standard InChI is InChI=1S/C15H24N2O3S/c1-3-12-5-6-15(9-13(12)10-16)21(18,19)17-7-8-20-14(4-2)11-17/h5-6,9,14H,3-4,7-8,10-11,16H2,1-2H3. The summed E-state index contributed by atoms with van der Waals surface area (Å²) in [6.07, 6.45) is 1.65. The molecule has 1 aromatic carbocycles. The van der Waals surface area contributed by atoms with Gasteiger partial charge in [0.2, 0.25) is 10.0 Å². The molecule has 0 spiro atoms. The second kappa shape index (κ2) is 6.87. The Kier molecular flexibility index (Phi) is 5.37. The van der Waals surface area contributed by atoms with Gasteiger partial charge in [0.25, 0.3) is 0 Å². The molecule has 6 heteroatoms. The van der Waals surface area contributed by atoms with E-state index in [-0.39, 0.29) is 6.10 Å². The smallest absolute Gasteiger partial charge is 0.243 e. The fraction of sp³-hybridized carbons (Fsp3) is 0.600. The first kappa shape index (κ1) is 16.4. The van der Waals surface area contributed by atoms with Gasteiger partial charge in [0.05, 0.1) is 17.6 Å². The first-order valence-electron chi connectivity index (χ1n) is 7.46. The van der Waals surface area contributed by atoms with Gasteiger partial charge >= 0.3 is 0 Å². The molecule has 1 heterocycles. The van der Waals surface area contributed by atoms with Crippen molar-refractivity contribution in [2.75, 3.05) is 19.7 Å². The van der Waals surface area contributed by atoms with Gasteiger partial charge < -0.3 is 10.5 Å². The normalized spacial score (nSPS) is 20.6. The van der Waals surface area contributed by atoms with Crippen LogP contribution in [0.15, 0.2) is 23.1 Å². The summed E-state index contributed by atoms with van der Waals surface area (Å²) < 4.78 is 32.6. The van der Waals surface area contributed by atoms with Crippen LogP contribution >= 0.6 is 0 Å². The van der Waals surface area contributed by atoms with Crippen molar-refractivity contribution in [2.24, 2.45) is 5.73 Å². The molecule has 2 rings (SSSR count). The summed E-state index contributed by atoms with van der Waals surface area (Å²) in [5.74, 6) is 0. The Morgan fingerprint density at radius 1 is 1.33 bits per heavy atom. The van der Waals surface area contributed by atoms with Crippen LogP contribution in [0, 0.1) is 0 Å². The van der Waals surface area contributed by atoms with Gasteiger partial charge in [-0.2, -0.15) is 4.31 Å². The third-order valence-corrected chi connectivity index (χ3v) is 5.83. The van der Waals surface area contributed by atoms with Gasteiger partial charge in [-0.05, 0) is 36.1 Å². The van der Waals surface area contributed by atoms with Crippen LogP contribution < -0.4 is 5.73 Å². The van der Waals surface area contributed by atoms with Crippen LogP contribution in [-0.2, 0) is 27.7 Å². The minimum atomic E-state index is -3.46. The number of ether oxygens (including phenoxy) is 1. The van der Waals surface area contributed by atoms with Crippen molar-refractivity contribution in [1.29, 1.82) is 0 Å². The molecule has 1 unspecified atom stereocenters. The lowest BCUT2D eigenvalue weighted by atomic mass is 10.1. The van der Waals surface area contributed by atoms with E-state index in [0.29, 0.717) is 31.1 Å². The molecule has 0 aliphatic carbocycles. The van der Waals surface area contributed by atoms with Crippen LogP contribution in [0.1, 0.15) is 31.4 Å². The molecule has 1 aliphatic rings. The van der Waals surface area contributed by atoms with Gasteiger partial charge in [0.1, 0.15) is 0 Å². The van der Waals surface area contributed by atoms with Crippen LogP contribution in [0.4, 0.5) is 0 Å². The molecule has 1 atom stereocenters. The molecule has 5 nitrogen and oxygen atoms in total. The number of nitrogens with two attached hydrogens (primary N) is 1. The van der Waals surface area contributed by atoms with E-state index >= 15 is 0 Å². The van der Waals surface area contributed by atoms with Crippen LogP contribution in [0.25, 0.3) is 0 Å². The zero-order valence-corrected chi connectivity index (χ0v) is 13.5. The molecule has 1 aliphatic heterocycles. The first-order valence-corrected chi connectivity index (χ1v) is 8.90. The molecule has 1 saturated heterocycles. The molecule has 1 fully saturated rings. The van der Waals surface area contributed by atoms with Crippen molar-refractivity contribution in [2.45, 2.75) is 44.2 Å². The van der Waals surface area contributed by atoms with Crippen molar-refractivity contribution in [1.82, 2.24) is 4.31 Å². The highest BCUT2D eigenvalue weighted by molar-refractivity contribution is 7.89. The Bertz CT molecular complexity index is 587. The molecule has 0 amide bonds. The van der Waals surface area contributed by atoms with E-state index in [0.717, 1.165) is 24.0 Å². The van der Waals surface area contributed by atoms with E-state index in [2.05, 4.69) is 0 Å². The second-order valence-corrected chi connectivity index (χ2v) is 7.19. The minimum absolute atomic E-state index is 0.0163. The maximum Gasteiger partial charge on any atom is 0.243 e. The van der Waals surface area contributed by atoms with Crippen LogP contribution in [-0.4, -0.2) is 38.5 Å².